The lowest BCUT2D eigenvalue weighted by Crippen LogP contribution is -2.11. The van der Waals surface area contributed by atoms with Gasteiger partial charge in [0.25, 0.3) is 0 Å². The van der Waals surface area contributed by atoms with E-state index in [9.17, 15) is 0 Å². The van der Waals surface area contributed by atoms with Crippen molar-refractivity contribution in [3.05, 3.63) is 12.3 Å². The van der Waals surface area contributed by atoms with E-state index in [1.807, 2.05) is 6.08 Å². The Hall–Kier alpha value is -0.920. The molecule has 0 saturated carbocycles. The predicted molar refractivity (Wildman–Crippen MR) is 43.8 cm³/mol. The maximum absolute atomic E-state index is 7.50. The van der Waals surface area contributed by atoms with Crippen molar-refractivity contribution in [1.82, 2.24) is 0 Å². The number of hydrogen-bond acceptors (Lipinski definition) is 2. The first-order chi connectivity index (χ1) is 4.84. The molecule has 0 bridgehead atoms. The van der Waals surface area contributed by atoms with Crippen LogP contribution in [0.3, 0.4) is 0 Å². The zero-order valence-corrected chi connectivity index (χ0v) is 6.17. The van der Waals surface area contributed by atoms with Gasteiger partial charge in [0, 0.05) is 18.3 Å². The lowest BCUT2D eigenvalue weighted by molar-refractivity contribution is 0.681. The first kappa shape index (κ1) is 7.19. The van der Waals surface area contributed by atoms with Crippen molar-refractivity contribution in [2.24, 2.45) is 10.9 Å². The summed E-state index contributed by atoms with van der Waals surface area (Å²) in [4.78, 5) is 3.92. The number of nitrogens with one attached hydrogen (secondary N) is 1. The Morgan fingerprint density at radius 1 is 1.80 bits per heavy atom. The third-order valence-electron chi connectivity index (χ3n) is 1.76. The van der Waals surface area contributed by atoms with E-state index in [4.69, 9.17) is 5.41 Å². The van der Waals surface area contributed by atoms with Gasteiger partial charge in [0.1, 0.15) is 0 Å². The highest BCUT2D eigenvalue weighted by Gasteiger charge is 2.09. The van der Waals surface area contributed by atoms with Gasteiger partial charge in [-0.05, 0) is 12.8 Å². The SMILES string of the molecule is CCC1CC=CN=CC1=N. The van der Waals surface area contributed by atoms with Gasteiger partial charge in [-0.1, -0.05) is 13.0 Å². The first-order valence-corrected chi connectivity index (χ1v) is 3.61. The van der Waals surface area contributed by atoms with Gasteiger partial charge in [0.2, 0.25) is 0 Å². The number of hydrogen-bond donors (Lipinski definition) is 1. The molecule has 1 unspecified atom stereocenters. The second kappa shape index (κ2) is 3.30. The molecule has 10 heavy (non-hydrogen) atoms. The highest BCUT2D eigenvalue weighted by atomic mass is 14.7. The van der Waals surface area contributed by atoms with Crippen LogP contribution in [0.4, 0.5) is 0 Å². The van der Waals surface area contributed by atoms with Crippen molar-refractivity contribution < 1.29 is 0 Å². The van der Waals surface area contributed by atoms with E-state index in [-0.39, 0.29) is 0 Å². The highest BCUT2D eigenvalue weighted by molar-refractivity contribution is 6.30. The summed E-state index contributed by atoms with van der Waals surface area (Å²) < 4.78 is 0. The molecule has 1 atom stereocenters. The molecule has 1 rings (SSSR count). The fourth-order valence-corrected chi connectivity index (χ4v) is 1.03. The molecule has 1 heterocycles. The summed E-state index contributed by atoms with van der Waals surface area (Å²) in [5.74, 6) is 0.391. The predicted octanol–water partition coefficient (Wildman–Crippen LogP) is 2.02. The molecule has 0 amide bonds. The lowest BCUT2D eigenvalue weighted by Gasteiger charge is -2.07. The topological polar surface area (TPSA) is 36.2 Å². The van der Waals surface area contributed by atoms with Crippen LogP contribution in [0.25, 0.3) is 0 Å². The normalized spacial score (nSPS) is 24.9. The summed E-state index contributed by atoms with van der Waals surface area (Å²) in [5.41, 5.74) is 0.660. The number of allylic oxidation sites excluding steroid dienone is 1. The van der Waals surface area contributed by atoms with Crippen LogP contribution >= 0.6 is 0 Å². The zero-order valence-electron chi connectivity index (χ0n) is 6.17. The quantitative estimate of drug-likeness (QED) is 0.572. The summed E-state index contributed by atoms with van der Waals surface area (Å²) in [6.07, 6.45) is 7.43. The zero-order chi connectivity index (χ0) is 7.40. The van der Waals surface area contributed by atoms with Crippen molar-refractivity contribution in [2.45, 2.75) is 19.8 Å². The molecule has 54 valence electrons. The van der Waals surface area contributed by atoms with Gasteiger partial charge >= 0.3 is 0 Å². The van der Waals surface area contributed by atoms with E-state index in [1.165, 1.54) is 0 Å². The first-order valence-electron chi connectivity index (χ1n) is 3.61. The molecule has 2 heteroatoms. The van der Waals surface area contributed by atoms with E-state index in [0.717, 1.165) is 12.8 Å². The second-order valence-corrected chi connectivity index (χ2v) is 2.46. The van der Waals surface area contributed by atoms with Crippen LogP contribution in [0.15, 0.2) is 17.3 Å². The fraction of sp³-hybridized carbons (Fsp3) is 0.500. The molecule has 0 spiro atoms. The van der Waals surface area contributed by atoms with Crippen LogP contribution in [0, 0.1) is 11.3 Å². The molecule has 0 aromatic heterocycles. The second-order valence-electron chi connectivity index (χ2n) is 2.46. The monoisotopic (exact) mass is 136 g/mol. The Bertz CT molecular complexity index is 180. The lowest BCUT2D eigenvalue weighted by atomic mass is 9.98. The standard InChI is InChI=1S/C8H12N2/c1-2-7-4-3-5-10-6-8(7)9/h3,5-7,9H,2,4H2,1H3. The summed E-state index contributed by atoms with van der Waals surface area (Å²) in [6, 6.07) is 0. The molecule has 1 aliphatic heterocycles. The van der Waals surface area contributed by atoms with E-state index in [2.05, 4.69) is 11.9 Å². The summed E-state index contributed by atoms with van der Waals surface area (Å²) in [5, 5.41) is 7.50. The van der Waals surface area contributed by atoms with Gasteiger partial charge in [0.15, 0.2) is 0 Å². The van der Waals surface area contributed by atoms with Crippen molar-refractivity contribution in [1.29, 1.82) is 5.41 Å². The van der Waals surface area contributed by atoms with Gasteiger partial charge in [-0.25, -0.2) is 0 Å². The van der Waals surface area contributed by atoms with Gasteiger partial charge in [-0.3, -0.25) is 4.99 Å². The summed E-state index contributed by atoms with van der Waals surface area (Å²) in [7, 11) is 0. The third kappa shape index (κ3) is 1.53. The molecular weight excluding hydrogens is 124 g/mol. The van der Waals surface area contributed by atoms with Crippen LogP contribution in [0.2, 0.25) is 0 Å². The van der Waals surface area contributed by atoms with Crippen molar-refractivity contribution in [2.75, 3.05) is 0 Å². The van der Waals surface area contributed by atoms with Crippen molar-refractivity contribution in [3.8, 4) is 0 Å². The molecule has 1 aliphatic rings. The molecule has 1 N–H and O–H groups in total. The largest absolute Gasteiger partial charge is 0.303 e. The number of rotatable bonds is 1. The Balaban J connectivity index is 2.65. The minimum atomic E-state index is 0.391. The minimum Gasteiger partial charge on any atom is -0.303 e. The summed E-state index contributed by atoms with van der Waals surface area (Å²) in [6.45, 7) is 2.10. The van der Waals surface area contributed by atoms with E-state index in [0.29, 0.717) is 11.6 Å². The van der Waals surface area contributed by atoms with Crippen LogP contribution in [-0.4, -0.2) is 11.9 Å². The maximum atomic E-state index is 7.50. The highest BCUT2D eigenvalue weighted by Crippen LogP contribution is 2.11. The van der Waals surface area contributed by atoms with Gasteiger partial charge in [0.05, 0.1) is 5.71 Å². The molecule has 0 fully saturated rings. The van der Waals surface area contributed by atoms with E-state index in [1.54, 1.807) is 12.4 Å². The van der Waals surface area contributed by atoms with Crippen LogP contribution in [0.5, 0.6) is 0 Å². The summed E-state index contributed by atoms with van der Waals surface area (Å²) >= 11 is 0. The average Bonchev–Trinajstić information content (AvgIpc) is 2.13. The number of nitrogens with zero attached hydrogens (tertiary/aromatic N) is 1. The molecule has 0 radical (unpaired) electrons. The molecule has 0 saturated heterocycles. The molecule has 0 aromatic carbocycles. The van der Waals surface area contributed by atoms with E-state index >= 15 is 0 Å². The molecule has 0 aliphatic carbocycles. The third-order valence-corrected chi connectivity index (χ3v) is 1.76. The van der Waals surface area contributed by atoms with Crippen LogP contribution in [0.1, 0.15) is 19.8 Å². The molecule has 2 nitrogen and oxygen atoms in total. The van der Waals surface area contributed by atoms with Crippen LogP contribution < -0.4 is 0 Å². The molecular formula is C8H12N2. The molecule has 0 aromatic rings. The smallest absolute Gasteiger partial charge is 0.0530 e. The number of aliphatic imine (C=N–C) groups is 1. The maximum Gasteiger partial charge on any atom is 0.0530 e. The minimum absolute atomic E-state index is 0.391. The van der Waals surface area contributed by atoms with Crippen molar-refractivity contribution in [3.63, 3.8) is 0 Å². The Kier molecular flexibility index (Phi) is 2.37. The van der Waals surface area contributed by atoms with Crippen molar-refractivity contribution >= 4 is 11.9 Å². The van der Waals surface area contributed by atoms with E-state index < -0.39 is 0 Å². The van der Waals surface area contributed by atoms with Gasteiger partial charge < -0.3 is 5.41 Å². The van der Waals surface area contributed by atoms with Gasteiger partial charge in [-0.2, -0.15) is 0 Å². The van der Waals surface area contributed by atoms with Gasteiger partial charge in [-0.15, -0.1) is 0 Å². The fourth-order valence-electron chi connectivity index (χ4n) is 1.03. The Morgan fingerprint density at radius 2 is 2.60 bits per heavy atom. The Labute approximate surface area is 61.2 Å². The van der Waals surface area contributed by atoms with Crippen LogP contribution in [-0.2, 0) is 0 Å². The Morgan fingerprint density at radius 3 is 3.30 bits per heavy atom. The average molecular weight is 136 g/mol.